The van der Waals surface area contributed by atoms with Crippen LogP contribution < -0.4 is 16.0 Å². The second-order valence-corrected chi connectivity index (χ2v) is 3.47. The number of hydrogen-bond donors (Lipinski definition) is 4. The van der Waals surface area contributed by atoms with Crippen LogP contribution >= 0.6 is 0 Å². The maximum Gasteiger partial charge on any atom is 0.316 e. The number of rotatable bonds is 6. The van der Waals surface area contributed by atoms with E-state index in [4.69, 9.17) is 15.9 Å². The molecule has 5 N–H and O–H groups in total. The third-order valence-corrected chi connectivity index (χ3v) is 2.22. The molecule has 0 saturated heterocycles. The Kier molecular flexibility index (Phi) is 5.25. The highest BCUT2D eigenvalue weighted by molar-refractivity contribution is 5.88. The first-order valence-corrected chi connectivity index (χ1v) is 5.30. The summed E-state index contributed by atoms with van der Waals surface area (Å²) in [6.07, 6.45) is 0. The number of carbonyl (C=O) groups excluding carboxylic acids is 1. The molecule has 0 unspecified atom stereocenters. The minimum absolute atomic E-state index is 0.00647. The van der Waals surface area contributed by atoms with Gasteiger partial charge < -0.3 is 26.2 Å². The average molecular weight is 239 g/mol. The number of hydrogen-bond acceptors (Lipinski definition) is 4. The van der Waals surface area contributed by atoms with Gasteiger partial charge in [0.05, 0.1) is 13.2 Å². The number of benzene rings is 1. The highest BCUT2D eigenvalue weighted by atomic mass is 16.3. The monoisotopic (exact) mass is 239 g/mol. The Hall–Kier alpha value is -1.79. The molecule has 6 nitrogen and oxygen atoms in total. The van der Waals surface area contributed by atoms with Gasteiger partial charge in [-0.25, -0.2) is 4.79 Å². The van der Waals surface area contributed by atoms with Crippen LogP contribution in [0.4, 0.5) is 16.2 Å². The van der Waals surface area contributed by atoms with Crippen LogP contribution in [0.2, 0.25) is 0 Å². The van der Waals surface area contributed by atoms with Gasteiger partial charge in [-0.2, -0.15) is 0 Å². The van der Waals surface area contributed by atoms with Gasteiger partial charge in [0.1, 0.15) is 0 Å². The molecule has 0 aliphatic rings. The van der Waals surface area contributed by atoms with E-state index < -0.39 is 6.03 Å². The number of nitrogens with two attached hydrogens (primary N) is 1. The van der Waals surface area contributed by atoms with Gasteiger partial charge in [-0.05, 0) is 18.2 Å². The van der Waals surface area contributed by atoms with Crippen LogP contribution in [-0.4, -0.2) is 42.5 Å². The van der Waals surface area contributed by atoms with Crippen molar-refractivity contribution >= 4 is 17.4 Å². The number of urea groups is 1. The Bertz CT molecular complexity index is 365. The minimum Gasteiger partial charge on any atom is -0.395 e. The molecule has 0 heterocycles. The predicted molar refractivity (Wildman–Crippen MR) is 66.0 cm³/mol. The third-order valence-electron chi connectivity index (χ3n) is 2.22. The number of primary amides is 1. The first-order chi connectivity index (χ1) is 8.17. The quantitative estimate of drug-likeness (QED) is 0.560. The summed E-state index contributed by atoms with van der Waals surface area (Å²) in [5.41, 5.74) is 6.41. The molecule has 1 aromatic carbocycles. The first kappa shape index (κ1) is 13.3. The van der Waals surface area contributed by atoms with Crippen molar-refractivity contribution in [2.45, 2.75) is 0 Å². The van der Waals surface area contributed by atoms with Gasteiger partial charge in [0.15, 0.2) is 0 Å². The molecule has 0 atom stereocenters. The Morgan fingerprint density at radius 3 is 2.47 bits per heavy atom. The van der Waals surface area contributed by atoms with E-state index in [-0.39, 0.29) is 13.2 Å². The Morgan fingerprint density at radius 2 is 1.94 bits per heavy atom. The fourth-order valence-electron chi connectivity index (χ4n) is 1.53. The molecule has 0 fully saturated rings. The fraction of sp³-hybridized carbons (Fsp3) is 0.364. The molecule has 0 aliphatic carbocycles. The van der Waals surface area contributed by atoms with Crippen molar-refractivity contribution < 1.29 is 15.0 Å². The number of nitrogens with zero attached hydrogens (tertiary/aromatic N) is 1. The van der Waals surface area contributed by atoms with Gasteiger partial charge in [-0.1, -0.05) is 6.07 Å². The van der Waals surface area contributed by atoms with Gasteiger partial charge in [-0.3, -0.25) is 0 Å². The van der Waals surface area contributed by atoms with Crippen LogP contribution in [0.3, 0.4) is 0 Å². The lowest BCUT2D eigenvalue weighted by Crippen LogP contribution is -2.29. The van der Waals surface area contributed by atoms with Crippen molar-refractivity contribution in [3.8, 4) is 0 Å². The van der Waals surface area contributed by atoms with Crippen molar-refractivity contribution in [2.75, 3.05) is 36.5 Å². The summed E-state index contributed by atoms with van der Waals surface area (Å²) in [5, 5.41) is 20.3. The van der Waals surface area contributed by atoms with E-state index in [1.165, 1.54) is 0 Å². The zero-order valence-electron chi connectivity index (χ0n) is 9.47. The lowest BCUT2D eigenvalue weighted by molar-refractivity contribution is 0.259. The molecule has 0 aromatic heterocycles. The van der Waals surface area contributed by atoms with E-state index in [0.717, 1.165) is 5.69 Å². The van der Waals surface area contributed by atoms with Gasteiger partial charge in [0.25, 0.3) is 0 Å². The van der Waals surface area contributed by atoms with Crippen molar-refractivity contribution in [1.29, 1.82) is 0 Å². The molecule has 1 rings (SSSR count). The molecule has 94 valence electrons. The average Bonchev–Trinajstić information content (AvgIpc) is 2.28. The number of nitrogens with one attached hydrogen (secondary N) is 1. The van der Waals surface area contributed by atoms with Crippen LogP contribution in [0.5, 0.6) is 0 Å². The molecule has 6 heteroatoms. The SMILES string of the molecule is NC(=O)Nc1cccc(N(CCO)CCO)c1. The highest BCUT2D eigenvalue weighted by Gasteiger charge is 2.06. The van der Waals surface area contributed by atoms with E-state index in [1.807, 2.05) is 11.0 Å². The van der Waals surface area contributed by atoms with Crippen LogP contribution in [0.25, 0.3) is 0 Å². The first-order valence-electron chi connectivity index (χ1n) is 5.30. The molecular weight excluding hydrogens is 222 g/mol. The summed E-state index contributed by atoms with van der Waals surface area (Å²) in [5.74, 6) is 0. The molecule has 17 heavy (non-hydrogen) atoms. The van der Waals surface area contributed by atoms with E-state index >= 15 is 0 Å². The second kappa shape index (κ2) is 6.72. The smallest absolute Gasteiger partial charge is 0.316 e. The van der Waals surface area contributed by atoms with E-state index in [2.05, 4.69) is 5.32 Å². The number of anilines is 2. The molecule has 0 radical (unpaired) electrons. The predicted octanol–water partition coefficient (Wildman–Crippen LogP) is -0.0318. The third kappa shape index (κ3) is 4.29. The van der Waals surface area contributed by atoms with Crippen LogP contribution in [0.15, 0.2) is 24.3 Å². The summed E-state index contributed by atoms with van der Waals surface area (Å²) in [6, 6.07) is 6.42. The summed E-state index contributed by atoms with van der Waals surface area (Å²) in [7, 11) is 0. The van der Waals surface area contributed by atoms with Gasteiger partial charge in [-0.15, -0.1) is 0 Å². The Balaban J connectivity index is 2.83. The van der Waals surface area contributed by atoms with Crippen molar-refractivity contribution in [3.63, 3.8) is 0 Å². The normalized spacial score (nSPS) is 10.0. The van der Waals surface area contributed by atoms with Gasteiger partial charge in [0, 0.05) is 24.5 Å². The largest absolute Gasteiger partial charge is 0.395 e. The van der Waals surface area contributed by atoms with Crippen LogP contribution in [0.1, 0.15) is 0 Å². The maximum absolute atomic E-state index is 10.7. The van der Waals surface area contributed by atoms with Crippen LogP contribution in [0, 0.1) is 0 Å². The van der Waals surface area contributed by atoms with Crippen molar-refractivity contribution in [3.05, 3.63) is 24.3 Å². The summed E-state index contributed by atoms with van der Waals surface area (Å²) in [4.78, 5) is 12.5. The molecule has 0 saturated carbocycles. The molecule has 0 aliphatic heterocycles. The standard InChI is InChI=1S/C11H17N3O3/c12-11(17)13-9-2-1-3-10(8-9)14(4-6-15)5-7-16/h1-3,8,15-16H,4-7H2,(H3,12,13,17). The Morgan fingerprint density at radius 1 is 1.29 bits per heavy atom. The van der Waals surface area contributed by atoms with Gasteiger partial charge >= 0.3 is 6.03 Å². The van der Waals surface area contributed by atoms with E-state index in [1.54, 1.807) is 18.2 Å². The lowest BCUT2D eigenvalue weighted by atomic mass is 10.2. The number of carbonyl (C=O) groups is 1. The molecule has 0 bridgehead atoms. The second-order valence-electron chi connectivity index (χ2n) is 3.47. The topological polar surface area (TPSA) is 98.8 Å². The van der Waals surface area contributed by atoms with Crippen molar-refractivity contribution in [1.82, 2.24) is 0 Å². The van der Waals surface area contributed by atoms with E-state index in [9.17, 15) is 4.79 Å². The molecule has 2 amide bonds. The lowest BCUT2D eigenvalue weighted by Gasteiger charge is -2.23. The number of aliphatic hydroxyl groups is 2. The van der Waals surface area contributed by atoms with Gasteiger partial charge in [0.2, 0.25) is 0 Å². The zero-order chi connectivity index (χ0) is 12.7. The highest BCUT2D eigenvalue weighted by Crippen LogP contribution is 2.18. The van der Waals surface area contributed by atoms with E-state index in [0.29, 0.717) is 18.8 Å². The van der Waals surface area contributed by atoms with Crippen molar-refractivity contribution in [2.24, 2.45) is 5.73 Å². The zero-order valence-corrected chi connectivity index (χ0v) is 9.47. The molecule has 0 spiro atoms. The maximum atomic E-state index is 10.7. The number of aliphatic hydroxyl groups excluding tert-OH is 2. The molecular formula is C11H17N3O3. The summed E-state index contributed by atoms with van der Waals surface area (Å²) >= 11 is 0. The fourth-order valence-corrected chi connectivity index (χ4v) is 1.53. The molecule has 1 aromatic rings. The number of amides is 2. The summed E-state index contributed by atoms with van der Waals surface area (Å²) < 4.78 is 0. The minimum atomic E-state index is -0.627. The Labute approximate surface area is 99.7 Å². The summed E-state index contributed by atoms with van der Waals surface area (Å²) in [6.45, 7) is 0.822. The van der Waals surface area contributed by atoms with Crippen LogP contribution in [-0.2, 0) is 0 Å².